The van der Waals surface area contributed by atoms with Crippen LogP contribution in [0.2, 0.25) is 0 Å². The number of carbonyl (C=O) groups is 3. The fraction of sp³-hybridized carbons (Fsp3) is 0.304. The van der Waals surface area contributed by atoms with Gasteiger partial charge in [-0.2, -0.15) is 0 Å². The van der Waals surface area contributed by atoms with Crippen molar-refractivity contribution in [1.82, 2.24) is 14.9 Å². The zero-order valence-corrected chi connectivity index (χ0v) is 17.6. The summed E-state index contributed by atoms with van der Waals surface area (Å²) >= 11 is 0. The topological polar surface area (TPSA) is 107 Å². The molecule has 0 unspecified atom stereocenters. The van der Waals surface area contributed by atoms with Gasteiger partial charge in [-0.25, -0.2) is 4.98 Å². The molecule has 2 aromatic carbocycles. The Kier molecular flexibility index (Phi) is 5.70. The van der Waals surface area contributed by atoms with Gasteiger partial charge in [-0.15, -0.1) is 0 Å². The Hall–Kier alpha value is -3.68. The Bertz CT molecular complexity index is 1090. The van der Waals surface area contributed by atoms with Crippen LogP contribution in [0.3, 0.4) is 0 Å². The average Bonchev–Trinajstić information content (AvgIpc) is 3.16. The van der Waals surface area contributed by atoms with Crippen LogP contribution in [0.4, 0.5) is 11.4 Å². The number of amides is 3. The van der Waals surface area contributed by atoms with Crippen LogP contribution in [0.1, 0.15) is 48.8 Å². The number of likely N-dealkylation sites (tertiary alicyclic amines) is 1. The van der Waals surface area contributed by atoms with E-state index in [4.69, 9.17) is 4.98 Å². The van der Waals surface area contributed by atoms with Crippen LogP contribution < -0.4 is 10.6 Å². The number of hydrogen-bond donors (Lipinski definition) is 3. The van der Waals surface area contributed by atoms with Crippen LogP contribution in [0, 0.1) is 0 Å². The van der Waals surface area contributed by atoms with Crippen molar-refractivity contribution in [1.29, 1.82) is 0 Å². The standard InChI is InChI=1S/C23H25N5O3/c1-14(29)24-18-10-17(11-19(12-18)25-15(2)30)23(31)28-9-5-6-16(13-28)22-26-20-7-3-4-8-21(20)27-22/h3-4,7-8,10-12,16H,5-6,9,13H2,1-2H3,(H,24,29)(H,25,30)(H,26,27)/t16-/m1/s1. The van der Waals surface area contributed by atoms with E-state index in [9.17, 15) is 14.4 Å². The normalized spacial score (nSPS) is 16.2. The van der Waals surface area contributed by atoms with E-state index in [1.165, 1.54) is 13.8 Å². The molecule has 160 valence electrons. The molecule has 3 aromatic rings. The number of hydrogen-bond acceptors (Lipinski definition) is 4. The predicted octanol–water partition coefficient (Wildman–Crippen LogP) is 3.50. The monoisotopic (exact) mass is 419 g/mol. The zero-order valence-electron chi connectivity index (χ0n) is 17.6. The van der Waals surface area contributed by atoms with Gasteiger partial charge in [-0.3, -0.25) is 14.4 Å². The number of aromatic amines is 1. The molecule has 0 saturated carbocycles. The van der Waals surface area contributed by atoms with Crippen LogP contribution in [0.25, 0.3) is 11.0 Å². The number of H-pyrrole nitrogens is 1. The molecule has 2 heterocycles. The first-order valence-electron chi connectivity index (χ1n) is 10.3. The van der Waals surface area contributed by atoms with Gasteiger partial charge in [0.25, 0.3) is 5.91 Å². The molecule has 1 aliphatic rings. The number of rotatable bonds is 4. The summed E-state index contributed by atoms with van der Waals surface area (Å²) in [6.07, 6.45) is 1.82. The highest BCUT2D eigenvalue weighted by atomic mass is 16.2. The smallest absolute Gasteiger partial charge is 0.254 e. The quantitative estimate of drug-likeness (QED) is 0.602. The molecule has 8 nitrogen and oxygen atoms in total. The lowest BCUT2D eigenvalue weighted by molar-refractivity contribution is -0.115. The Morgan fingerprint density at radius 3 is 2.35 bits per heavy atom. The molecule has 3 N–H and O–H groups in total. The highest BCUT2D eigenvalue weighted by Crippen LogP contribution is 2.28. The Balaban J connectivity index is 1.57. The van der Waals surface area contributed by atoms with Crippen LogP contribution in [0.5, 0.6) is 0 Å². The van der Waals surface area contributed by atoms with Crippen molar-refractivity contribution in [2.75, 3.05) is 23.7 Å². The molecule has 3 amide bonds. The van der Waals surface area contributed by atoms with Crippen molar-refractivity contribution in [3.05, 3.63) is 53.9 Å². The van der Waals surface area contributed by atoms with Crippen molar-refractivity contribution < 1.29 is 14.4 Å². The van der Waals surface area contributed by atoms with E-state index in [1.54, 1.807) is 18.2 Å². The first-order valence-corrected chi connectivity index (χ1v) is 10.3. The van der Waals surface area contributed by atoms with Gasteiger partial charge < -0.3 is 20.5 Å². The van der Waals surface area contributed by atoms with Crippen molar-refractivity contribution in [3.8, 4) is 0 Å². The lowest BCUT2D eigenvalue weighted by atomic mass is 9.96. The zero-order chi connectivity index (χ0) is 22.0. The number of imidazole rings is 1. The molecule has 1 aliphatic heterocycles. The molecule has 4 rings (SSSR count). The minimum atomic E-state index is -0.249. The molecule has 0 bridgehead atoms. The number of piperidine rings is 1. The third kappa shape index (κ3) is 4.74. The highest BCUT2D eigenvalue weighted by molar-refractivity contribution is 6.00. The average molecular weight is 419 g/mol. The minimum Gasteiger partial charge on any atom is -0.342 e. The van der Waals surface area contributed by atoms with Crippen molar-refractivity contribution in [2.24, 2.45) is 0 Å². The maximum absolute atomic E-state index is 13.3. The maximum Gasteiger partial charge on any atom is 0.254 e. The molecule has 1 fully saturated rings. The molecule has 31 heavy (non-hydrogen) atoms. The van der Waals surface area contributed by atoms with Gasteiger partial charge in [0.05, 0.1) is 11.0 Å². The number of para-hydroxylation sites is 2. The predicted molar refractivity (Wildman–Crippen MR) is 119 cm³/mol. The van der Waals surface area contributed by atoms with Gasteiger partial charge in [-0.1, -0.05) is 12.1 Å². The fourth-order valence-electron chi connectivity index (χ4n) is 4.04. The fourth-order valence-corrected chi connectivity index (χ4v) is 4.04. The van der Waals surface area contributed by atoms with E-state index in [2.05, 4.69) is 15.6 Å². The van der Waals surface area contributed by atoms with E-state index < -0.39 is 0 Å². The van der Waals surface area contributed by atoms with Crippen molar-refractivity contribution in [3.63, 3.8) is 0 Å². The van der Waals surface area contributed by atoms with Gasteiger partial charge in [0.1, 0.15) is 5.82 Å². The Morgan fingerprint density at radius 1 is 1.03 bits per heavy atom. The number of carbonyl (C=O) groups excluding carboxylic acids is 3. The minimum absolute atomic E-state index is 0.124. The number of fused-ring (bicyclic) bond motifs is 1. The molecule has 1 atom stereocenters. The lowest BCUT2D eigenvalue weighted by Gasteiger charge is -2.32. The SMILES string of the molecule is CC(=O)Nc1cc(NC(C)=O)cc(C(=O)N2CCC[C@@H](c3nc4ccccc4[nH]3)C2)c1. The second kappa shape index (κ2) is 8.59. The summed E-state index contributed by atoms with van der Waals surface area (Å²) in [5.74, 6) is 0.380. The summed E-state index contributed by atoms with van der Waals surface area (Å²) in [4.78, 5) is 46.2. The van der Waals surface area contributed by atoms with E-state index >= 15 is 0 Å². The van der Waals surface area contributed by atoms with Crippen LogP contribution in [-0.2, 0) is 9.59 Å². The van der Waals surface area contributed by atoms with Gasteiger partial charge >= 0.3 is 0 Å². The number of nitrogens with zero attached hydrogens (tertiary/aromatic N) is 2. The lowest BCUT2D eigenvalue weighted by Crippen LogP contribution is -2.39. The van der Waals surface area contributed by atoms with Crippen LogP contribution in [-0.4, -0.2) is 45.7 Å². The summed E-state index contributed by atoms with van der Waals surface area (Å²) in [6.45, 7) is 4.00. The Labute approximate surface area is 180 Å². The summed E-state index contributed by atoms with van der Waals surface area (Å²) in [6, 6.07) is 12.8. The summed E-state index contributed by atoms with van der Waals surface area (Å²) in [7, 11) is 0. The number of benzene rings is 2. The molecule has 0 spiro atoms. The number of nitrogens with one attached hydrogen (secondary N) is 3. The Morgan fingerprint density at radius 2 is 1.71 bits per heavy atom. The summed E-state index contributed by atoms with van der Waals surface area (Å²) in [5.41, 5.74) is 3.26. The van der Waals surface area contributed by atoms with Crippen molar-refractivity contribution >= 4 is 40.1 Å². The van der Waals surface area contributed by atoms with Crippen LogP contribution >= 0.6 is 0 Å². The second-order valence-corrected chi connectivity index (χ2v) is 7.89. The van der Waals surface area contributed by atoms with Crippen molar-refractivity contribution in [2.45, 2.75) is 32.6 Å². The van der Waals surface area contributed by atoms with E-state index in [0.717, 1.165) is 29.7 Å². The number of anilines is 2. The summed E-state index contributed by atoms with van der Waals surface area (Å²) in [5, 5.41) is 5.38. The van der Waals surface area contributed by atoms with E-state index in [1.807, 2.05) is 29.2 Å². The molecule has 0 aliphatic carbocycles. The molecule has 0 radical (unpaired) electrons. The third-order valence-electron chi connectivity index (χ3n) is 5.32. The molecule has 1 aromatic heterocycles. The molecular weight excluding hydrogens is 394 g/mol. The van der Waals surface area contributed by atoms with Crippen LogP contribution in [0.15, 0.2) is 42.5 Å². The number of aromatic nitrogens is 2. The molecule has 8 heteroatoms. The largest absolute Gasteiger partial charge is 0.342 e. The first-order chi connectivity index (χ1) is 14.9. The van der Waals surface area contributed by atoms with E-state index in [0.29, 0.717) is 30.0 Å². The maximum atomic E-state index is 13.3. The third-order valence-corrected chi connectivity index (χ3v) is 5.32. The van der Waals surface area contributed by atoms with Gasteiger partial charge in [0, 0.05) is 49.8 Å². The first kappa shape index (κ1) is 20.6. The highest BCUT2D eigenvalue weighted by Gasteiger charge is 2.28. The molecular formula is C23H25N5O3. The van der Waals surface area contributed by atoms with Gasteiger partial charge in [0.2, 0.25) is 11.8 Å². The second-order valence-electron chi connectivity index (χ2n) is 7.89. The molecule has 1 saturated heterocycles. The van der Waals surface area contributed by atoms with Gasteiger partial charge in [0.15, 0.2) is 0 Å². The summed E-state index contributed by atoms with van der Waals surface area (Å²) < 4.78 is 0. The van der Waals surface area contributed by atoms with Gasteiger partial charge in [-0.05, 0) is 43.2 Å². The van der Waals surface area contributed by atoms with E-state index in [-0.39, 0.29) is 23.6 Å².